The van der Waals surface area contributed by atoms with Gasteiger partial charge in [-0.2, -0.15) is 0 Å². The zero-order valence-corrected chi connectivity index (χ0v) is 18.8. The van der Waals surface area contributed by atoms with Gasteiger partial charge >= 0.3 is 5.97 Å². The van der Waals surface area contributed by atoms with Crippen molar-refractivity contribution in [3.63, 3.8) is 0 Å². The van der Waals surface area contributed by atoms with E-state index in [2.05, 4.69) is 6.92 Å². The lowest BCUT2D eigenvalue weighted by molar-refractivity contribution is 0.0692. The maximum absolute atomic E-state index is 11.7. The van der Waals surface area contributed by atoms with E-state index in [4.69, 9.17) is 19.2 Å². The van der Waals surface area contributed by atoms with E-state index in [-0.39, 0.29) is 5.56 Å². The molecule has 0 radical (unpaired) electrons. The standard InChI is InChI=1S/C24H27NO5S/c1-4-7-12-30-20-10-8-16(13-18(20)24(26)27)19-15-31-23(25-19)17-9-11-21(28-5-2)22(14-17)29-6-3/h8-11,13-15H,4-7,12H2,1-3H3,(H,26,27). The number of aromatic carboxylic acids is 1. The third-order valence-electron chi connectivity index (χ3n) is 4.56. The van der Waals surface area contributed by atoms with E-state index in [9.17, 15) is 9.90 Å². The summed E-state index contributed by atoms with van der Waals surface area (Å²) in [4.78, 5) is 16.4. The van der Waals surface area contributed by atoms with Gasteiger partial charge in [0.15, 0.2) is 11.5 Å². The average Bonchev–Trinajstić information content (AvgIpc) is 3.26. The largest absolute Gasteiger partial charge is 0.493 e. The second kappa shape index (κ2) is 10.8. The minimum Gasteiger partial charge on any atom is -0.493 e. The topological polar surface area (TPSA) is 77.9 Å². The maximum atomic E-state index is 11.7. The van der Waals surface area contributed by atoms with Crippen molar-refractivity contribution in [2.24, 2.45) is 0 Å². The molecular weight excluding hydrogens is 414 g/mol. The number of hydrogen-bond acceptors (Lipinski definition) is 6. The van der Waals surface area contributed by atoms with Gasteiger partial charge in [0.25, 0.3) is 0 Å². The zero-order valence-electron chi connectivity index (χ0n) is 18.0. The smallest absolute Gasteiger partial charge is 0.339 e. The molecule has 0 amide bonds. The molecule has 164 valence electrons. The van der Waals surface area contributed by atoms with Gasteiger partial charge in [-0.25, -0.2) is 9.78 Å². The van der Waals surface area contributed by atoms with E-state index in [0.717, 1.165) is 34.7 Å². The van der Waals surface area contributed by atoms with Crippen LogP contribution in [0, 0.1) is 0 Å². The summed E-state index contributed by atoms with van der Waals surface area (Å²) in [5.41, 5.74) is 2.51. The Kier molecular flexibility index (Phi) is 7.89. The lowest BCUT2D eigenvalue weighted by Crippen LogP contribution is -2.04. The zero-order chi connectivity index (χ0) is 22.2. The molecule has 0 aliphatic rings. The van der Waals surface area contributed by atoms with Gasteiger partial charge in [-0.05, 0) is 56.7 Å². The van der Waals surface area contributed by atoms with E-state index in [1.54, 1.807) is 12.1 Å². The molecule has 2 aromatic carbocycles. The number of thiazole rings is 1. The Morgan fingerprint density at radius 1 is 0.935 bits per heavy atom. The fraction of sp³-hybridized carbons (Fsp3) is 0.333. The van der Waals surface area contributed by atoms with Gasteiger partial charge in [0.2, 0.25) is 0 Å². The molecule has 0 spiro atoms. The number of aromatic nitrogens is 1. The third kappa shape index (κ3) is 5.55. The van der Waals surface area contributed by atoms with Crippen LogP contribution in [0.1, 0.15) is 44.0 Å². The van der Waals surface area contributed by atoms with Crippen molar-refractivity contribution in [1.29, 1.82) is 0 Å². The minimum absolute atomic E-state index is 0.142. The molecule has 31 heavy (non-hydrogen) atoms. The maximum Gasteiger partial charge on any atom is 0.339 e. The van der Waals surface area contributed by atoms with Crippen molar-refractivity contribution in [2.45, 2.75) is 33.6 Å². The molecule has 0 fully saturated rings. The summed E-state index contributed by atoms with van der Waals surface area (Å²) in [5, 5.41) is 12.3. The molecule has 0 aliphatic heterocycles. The number of rotatable bonds is 11. The van der Waals surface area contributed by atoms with Gasteiger partial charge in [0.05, 0.1) is 25.5 Å². The summed E-state index contributed by atoms with van der Waals surface area (Å²) in [6.07, 6.45) is 1.86. The molecule has 0 bridgehead atoms. The van der Waals surface area contributed by atoms with Crippen molar-refractivity contribution in [1.82, 2.24) is 4.98 Å². The monoisotopic (exact) mass is 441 g/mol. The molecule has 7 heteroatoms. The quantitative estimate of drug-likeness (QED) is 0.360. The van der Waals surface area contributed by atoms with Crippen LogP contribution >= 0.6 is 11.3 Å². The summed E-state index contributed by atoms with van der Waals surface area (Å²) in [6, 6.07) is 10.9. The molecule has 1 N–H and O–H groups in total. The summed E-state index contributed by atoms with van der Waals surface area (Å²) in [7, 11) is 0. The average molecular weight is 442 g/mol. The highest BCUT2D eigenvalue weighted by molar-refractivity contribution is 7.13. The Labute approximate surface area is 186 Å². The van der Waals surface area contributed by atoms with E-state index in [0.29, 0.717) is 37.1 Å². The van der Waals surface area contributed by atoms with Crippen LogP contribution in [0.5, 0.6) is 17.2 Å². The molecule has 3 aromatic rings. The molecule has 3 rings (SSSR count). The van der Waals surface area contributed by atoms with Crippen LogP contribution in [0.2, 0.25) is 0 Å². The first-order valence-corrected chi connectivity index (χ1v) is 11.3. The predicted molar refractivity (Wildman–Crippen MR) is 123 cm³/mol. The highest BCUT2D eigenvalue weighted by Crippen LogP contribution is 2.36. The van der Waals surface area contributed by atoms with Crippen LogP contribution in [0.25, 0.3) is 21.8 Å². The lowest BCUT2D eigenvalue weighted by Gasteiger charge is -2.11. The second-order valence-corrected chi connectivity index (χ2v) is 7.64. The number of carboxylic acids is 1. The van der Waals surface area contributed by atoms with Crippen molar-refractivity contribution in [3.8, 4) is 39.1 Å². The molecule has 0 saturated carbocycles. The molecule has 0 saturated heterocycles. The molecule has 1 heterocycles. The van der Waals surface area contributed by atoms with Crippen LogP contribution in [0.4, 0.5) is 0 Å². The van der Waals surface area contributed by atoms with Gasteiger partial charge in [-0.3, -0.25) is 0 Å². The lowest BCUT2D eigenvalue weighted by atomic mass is 10.1. The Balaban J connectivity index is 1.89. The number of carbonyl (C=O) groups is 1. The van der Waals surface area contributed by atoms with E-state index in [1.807, 2.05) is 43.5 Å². The molecule has 0 unspecified atom stereocenters. The SMILES string of the molecule is CCCCOc1ccc(-c2csc(-c3ccc(OCC)c(OCC)c3)n2)cc1C(=O)O. The van der Waals surface area contributed by atoms with E-state index < -0.39 is 5.97 Å². The Hall–Kier alpha value is -3.06. The number of carboxylic acid groups (broad SMARTS) is 1. The van der Waals surface area contributed by atoms with Crippen molar-refractivity contribution in [2.75, 3.05) is 19.8 Å². The molecule has 6 nitrogen and oxygen atoms in total. The first-order chi connectivity index (χ1) is 15.1. The number of benzene rings is 2. The van der Waals surface area contributed by atoms with Crippen molar-refractivity contribution < 1.29 is 24.1 Å². The molecular formula is C24H27NO5S. The first kappa shape index (κ1) is 22.6. The fourth-order valence-corrected chi connectivity index (χ4v) is 3.86. The number of unbranched alkanes of at least 4 members (excludes halogenated alkanes) is 1. The van der Waals surface area contributed by atoms with E-state index in [1.165, 1.54) is 11.3 Å². The Bertz CT molecular complexity index is 1030. The Morgan fingerprint density at radius 3 is 2.35 bits per heavy atom. The summed E-state index contributed by atoms with van der Waals surface area (Å²) >= 11 is 1.49. The van der Waals surface area contributed by atoms with Gasteiger partial charge < -0.3 is 19.3 Å². The van der Waals surface area contributed by atoms with Crippen LogP contribution in [0.3, 0.4) is 0 Å². The van der Waals surface area contributed by atoms with Gasteiger partial charge in [-0.15, -0.1) is 11.3 Å². The van der Waals surface area contributed by atoms with Gasteiger partial charge in [0.1, 0.15) is 16.3 Å². The van der Waals surface area contributed by atoms with Gasteiger partial charge in [-0.1, -0.05) is 13.3 Å². The fourth-order valence-electron chi connectivity index (χ4n) is 3.03. The van der Waals surface area contributed by atoms with Gasteiger partial charge in [0, 0.05) is 16.5 Å². The molecule has 0 aliphatic carbocycles. The van der Waals surface area contributed by atoms with Crippen LogP contribution in [-0.2, 0) is 0 Å². The first-order valence-electron chi connectivity index (χ1n) is 10.4. The highest BCUT2D eigenvalue weighted by atomic mass is 32.1. The van der Waals surface area contributed by atoms with E-state index >= 15 is 0 Å². The third-order valence-corrected chi connectivity index (χ3v) is 5.45. The van der Waals surface area contributed by atoms with Crippen LogP contribution < -0.4 is 14.2 Å². The number of hydrogen-bond donors (Lipinski definition) is 1. The molecule has 1 aromatic heterocycles. The highest BCUT2D eigenvalue weighted by Gasteiger charge is 2.16. The summed E-state index contributed by atoms with van der Waals surface area (Å²) in [6.45, 7) is 7.52. The van der Waals surface area contributed by atoms with Crippen molar-refractivity contribution >= 4 is 17.3 Å². The molecule has 0 atom stereocenters. The predicted octanol–water partition coefficient (Wildman–Crippen LogP) is 6.15. The summed E-state index contributed by atoms with van der Waals surface area (Å²) in [5.74, 6) is 0.750. The van der Waals surface area contributed by atoms with Crippen molar-refractivity contribution in [3.05, 3.63) is 47.3 Å². The number of ether oxygens (including phenoxy) is 3. The minimum atomic E-state index is -1.02. The second-order valence-electron chi connectivity index (χ2n) is 6.78. The van der Waals surface area contributed by atoms with Crippen LogP contribution in [-0.4, -0.2) is 35.9 Å². The van der Waals surface area contributed by atoms with Crippen LogP contribution in [0.15, 0.2) is 41.8 Å². The normalized spacial score (nSPS) is 10.7. The Morgan fingerprint density at radius 2 is 1.65 bits per heavy atom. The number of nitrogens with zero attached hydrogens (tertiary/aromatic N) is 1. The summed E-state index contributed by atoms with van der Waals surface area (Å²) < 4.78 is 17.0.